The van der Waals surface area contributed by atoms with Gasteiger partial charge in [0, 0.05) is 43.9 Å². The van der Waals surface area contributed by atoms with Gasteiger partial charge >= 0.3 is 0 Å². The second-order valence-corrected chi connectivity index (χ2v) is 9.05. The molecule has 2 aromatic carbocycles. The molecule has 0 saturated carbocycles. The van der Waals surface area contributed by atoms with Crippen LogP contribution in [0.15, 0.2) is 53.4 Å². The zero-order valence-electron chi connectivity index (χ0n) is 17.2. The number of para-hydroxylation sites is 1. The van der Waals surface area contributed by atoms with Gasteiger partial charge in [0.05, 0.1) is 12.0 Å². The third-order valence-corrected chi connectivity index (χ3v) is 7.14. The van der Waals surface area contributed by atoms with E-state index in [-0.39, 0.29) is 23.9 Å². The molecule has 0 atom stereocenters. The highest BCUT2D eigenvalue weighted by Crippen LogP contribution is 2.33. The van der Waals surface area contributed by atoms with Crippen molar-refractivity contribution >= 4 is 22.0 Å². The fourth-order valence-corrected chi connectivity index (χ4v) is 4.99. The number of amides is 1. The number of piperazine rings is 1. The lowest BCUT2D eigenvalue weighted by molar-refractivity contribution is -0.127. The number of sulfonamides is 1. The molecule has 31 heavy (non-hydrogen) atoms. The highest BCUT2D eigenvalue weighted by atomic mass is 32.2. The standard InChI is InChI=1S/C22H24N2O6S/c1-28-19-5-3-2-4-17(19)6-9-22(25)23-10-12-24(13-11-23)31(26,27)18-7-8-20-21(16-18)30-15-14-29-20/h2-9,16H,10-15H2,1H3. The largest absolute Gasteiger partial charge is 0.496 e. The van der Waals surface area contributed by atoms with E-state index in [0.29, 0.717) is 43.6 Å². The fraction of sp³-hybridized carbons (Fsp3) is 0.318. The van der Waals surface area contributed by atoms with Crippen molar-refractivity contribution in [3.63, 3.8) is 0 Å². The quantitative estimate of drug-likeness (QED) is 0.656. The monoisotopic (exact) mass is 444 g/mol. The third kappa shape index (κ3) is 4.52. The number of rotatable bonds is 5. The molecule has 164 valence electrons. The van der Waals surface area contributed by atoms with E-state index in [1.807, 2.05) is 24.3 Å². The normalized spacial score (nSPS) is 17.0. The van der Waals surface area contributed by atoms with E-state index >= 15 is 0 Å². The SMILES string of the molecule is COc1ccccc1C=CC(=O)N1CCN(S(=O)(=O)c2ccc3c(c2)OCCO3)CC1. The van der Waals surface area contributed by atoms with Crippen LogP contribution < -0.4 is 14.2 Å². The van der Waals surface area contributed by atoms with Gasteiger partial charge in [-0.1, -0.05) is 18.2 Å². The molecule has 0 bridgehead atoms. The van der Waals surface area contributed by atoms with Gasteiger partial charge in [0.1, 0.15) is 19.0 Å². The number of ether oxygens (including phenoxy) is 3. The Kier molecular flexibility index (Phi) is 6.15. The van der Waals surface area contributed by atoms with E-state index in [0.717, 1.165) is 5.56 Å². The zero-order chi connectivity index (χ0) is 21.8. The maximum Gasteiger partial charge on any atom is 0.246 e. The van der Waals surface area contributed by atoms with E-state index < -0.39 is 10.0 Å². The molecule has 0 aromatic heterocycles. The van der Waals surface area contributed by atoms with Gasteiger partial charge in [-0.25, -0.2) is 8.42 Å². The molecule has 0 N–H and O–H groups in total. The first-order valence-electron chi connectivity index (χ1n) is 9.99. The molecular weight excluding hydrogens is 420 g/mol. The van der Waals surface area contributed by atoms with E-state index in [9.17, 15) is 13.2 Å². The number of benzene rings is 2. The molecule has 4 rings (SSSR count). The Bertz CT molecular complexity index is 1090. The number of hydrogen-bond acceptors (Lipinski definition) is 6. The van der Waals surface area contributed by atoms with Gasteiger partial charge in [-0.2, -0.15) is 4.31 Å². The van der Waals surface area contributed by atoms with Gasteiger partial charge in [-0.05, 0) is 24.3 Å². The molecule has 1 saturated heterocycles. The van der Waals surface area contributed by atoms with Gasteiger partial charge in [0.25, 0.3) is 0 Å². The average molecular weight is 445 g/mol. The van der Waals surface area contributed by atoms with Crippen molar-refractivity contribution in [1.82, 2.24) is 9.21 Å². The van der Waals surface area contributed by atoms with Crippen LogP contribution in [0.4, 0.5) is 0 Å². The highest BCUT2D eigenvalue weighted by molar-refractivity contribution is 7.89. The molecule has 0 radical (unpaired) electrons. The molecule has 1 amide bonds. The van der Waals surface area contributed by atoms with Crippen molar-refractivity contribution in [3.05, 3.63) is 54.1 Å². The minimum atomic E-state index is -3.68. The first kappa shape index (κ1) is 21.2. The van der Waals surface area contributed by atoms with Gasteiger partial charge in [0.2, 0.25) is 15.9 Å². The lowest BCUT2D eigenvalue weighted by Crippen LogP contribution is -2.50. The van der Waals surface area contributed by atoms with Crippen molar-refractivity contribution in [2.24, 2.45) is 0 Å². The van der Waals surface area contributed by atoms with Crippen molar-refractivity contribution in [3.8, 4) is 17.2 Å². The highest BCUT2D eigenvalue weighted by Gasteiger charge is 2.30. The topological polar surface area (TPSA) is 85.4 Å². The summed E-state index contributed by atoms with van der Waals surface area (Å²) >= 11 is 0. The number of hydrogen-bond donors (Lipinski definition) is 0. The summed E-state index contributed by atoms with van der Waals surface area (Å²) in [5.41, 5.74) is 0.804. The van der Waals surface area contributed by atoms with Crippen LogP contribution in [0.1, 0.15) is 5.56 Å². The Labute approximate surface area is 181 Å². The molecule has 2 aliphatic heterocycles. The first-order valence-corrected chi connectivity index (χ1v) is 11.4. The molecule has 0 aliphatic carbocycles. The third-order valence-electron chi connectivity index (χ3n) is 5.25. The van der Waals surface area contributed by atoms with Crippen LogP contribution in [-0.2, 0) is 14.8 Å². The number of nitrogens with zero attached hydrogens (tertiary/aromatic N) is 2. The maximum atomic E-state index is 13.0. The van der Waals surface area contributed by atoms with Gasteiger partial charge in [-0.15, -0.1) is 0 Å². The zero-order valence-corrected chi connectivity index (χ0v) is 18.0. The fourth-order valence-electron chi connectivity index (χ4n) is 3.55. The molecule has 9 heteroatoms. The number of carbonyl (C=O) groups is 1. The van der Waals surface area contributed by atoms with Crippen LogP contribution in [0, 0.1) is 0 Å². The van der Waals surface area contributed by atoms with Crippen LogP contribution in [0.25, 0.3) is 6.08 Å². The smallest absolute Gasteiger partial charge is 0.246 e. The summed E-state index contributed by atoms with van der Waals surface area (Å²) in [5, 5.41) is 0. The van der Waals surface area contributed by atoms with E-state index in [1.54, 1.807) is 24.2 Å². The molecular formula is C22H24N2O6S. The van der Waals surface area contributed by atoms with Crippen molar-refractivity contribution < 1.29 is 27.4 Å². The minimum Gasteiger partial charge on any atom is -0.496 e. The Hall–Kier alpha value is -3.04. The average Bonchev–Trinajstić information content (AvgIpc) is 2.82. The molecule has 2 heterocycles. The second kappa shape index (κ2) is 8.99. The molecule has 0 unspecified atom stereocenters. The molecule has 8 nitrogen and oxygen atoms in total. The summed E-state index contributed by atoms with van der Waals surface area (Å²) in [6.07, 6.45) is 3.20. The molecule has 2 aromatic rings. The van der Waals surface area contributed by atoms with Gasteiger partial charge in [-0.3, -0.25) is 4.79 Å². The molecule has 2 aliphatic rings. The van der Waals surface area contributed by atoms with Crippen molar-refractivity contribution in [1.29, 1.82) is 0 Å². The van der Waals surface area contributed by atoms with Crippen LogP contribution in [0.3, 0.4) is 0 Å². The van der Waals surface area contributed by atoms with Crippen LogP contribution in [-0.4, -0.2) is 70.0 Å². The second-order valence-electron chi connectivity index (χ2n) is 7.11. The summed E-state index contributed by atoms with van der Waals surface area (Å²) in [6.45, 7) is 1.92. The Balaban J connectivity index is 1.40. The lowest BCUT2D eigenvalue weighted by Gasteiger charge is -2.33. The maximum absolute atomic E-state index is 13.0. The van der Waals surface area contributed by atoms with Crippen molar-refractivity contribution in [2.45, 2.75) is 4.90 Å². The van der Waals surface area contributed by atoms with E-state index in [4.69, 9.17) is 14.2 Å². The number of carbonyl (C=O) groups excluding carboxylic acids is 1. The van der Waals surface area contributed by atoms with E-state index in [2.05, 4.69) is 0 Å². The molecule has 0 spiro atoms. The first-order chi connectivity index (χ1) is 15.0. The van der Waals surface area contributed by atoms with Crippen LogP contribution >= 0.6 is 0 Å². The minimum absolute atomic E-state index is 0.160. The van der Waals surface area contributed by atoms with Gasteiger partial charge in [0.15, 0.2) is 11.5 Å². The predicted molar refractivity (Wildman–Crippen MR) is 115 cm³/mol. The summed E-state index contributed by atoms with van der Waals surface area (Å²) < 4.78 is 43.7. The summed E-state index contributed by atoms with van der Waals surface area (Å²) in [7, 11) is -2.10. The summed E-state index contributed by atoms with van der Waals surface area (Å²) in [6, 6.07) is 12.1. The predicted octanol–water partition coefficient (Wildman–Crippen LogP) is 2.01. The molecule has 1 fully saturated rings. The number of fused-ring (bicyclic) bond motifs is 1. The Morgan fingerprint density at radius 1 is 1.00 bits per heavy atom. The van der Waals surface area contributed by atoms with E-state index in [1.165, 1.54) is 22.5 Å². The summed E-state index contributed by atoms with van der Waals surface area (Å²) in [5.74, 6) is 1.49. The lowest BCUT2D eigenvalue weighted by atomic mass is 10.2. The Morgan fingerprint density at radius 3 is 2.45 bits per heavy atom. The van der Waals surface area contributed by atoms with Crippen molar-refractivity contribution in [2.75, 3.05) is 46.5 Å². The van der Waals surface area contributed by atoms with Gasteiger partial charge < -0.3 is 19.1 Å². The Morgan fingerprint density at radius 2 is 1.71 bits per heavy atom. The summed E-state index contributed by atoms with van der Waals surface area (Å²) in [4.78, 5) is 14.4. The number of methoxy groups -OCH3 is 1. The van der Waals surface area contributed by atoms with Crippen LogP contribution in [0.2, 0.25) is 0 Å². The van der Waals surface area contributed by atoms with Crippen LogP contribution in [0.5, 0.6) is 17.2 Å².